The molecule has 0 aliphatic heterocycles. The molecule has 6 heteroatoms. The van der Waals surface area contributed by atoms with Gasteiger partial charge >= 0.3 is 0 Å². The van der Waals surface area contributed by atoms with E-state index in [1.807, 2.05) is 0 Å². The van der Waals surface area contributed by atoms with E-state index in [-0.39, 0.29) is 10.6 Å². The lowest BCUT2D eigenvalue weighted by molar-refractivity contribution is 0.589. The molecule has 0 aliphatic carbocycles. The minimum atomic E-state index is -3.78. The van der Waals surface area contributed by atoms with Crippen LogP contribution in [-0.4, -0.2) is 8.42 Å². The van der Waals surface area contributed by atoms with Gasteiger partial charge in [0.25, 0.3) is 0 Å². The fourth-order valence-electron chi connectivity index (χ4n) is 1.85. The number of benzene rings is 2. The molecule has 0 fully saturated rings. The van der Waals surface area contributed by atoms with Crippen LogP contribution in [-0.2, 0) is 15.6 Å². The molecular weight excluding hydrogens is 284 g/mol. The van der Waals surface area contributed by atoms with Gasteiger partial charge in [-0.25, -0.2) is 17.2 Å². The van der Waals surface area contributed by atoms with Gasteiger partial charge in [-0.15, -0.1) is 0 Å². The predicted molar refractivity (Wildman–Crippen MR) is 72.8 cm³/mol. The van der Waals surface area contributed by atoms with Crippen LogP contribution >= 0.6 is 0 Å². The fourth-order valence-corrected chi connectivity index (χ4v) is 3.34. The first-order chi connectivity index (χ1) is 9.28. The maximum Gasteiger partial charge on any atom is 0.182 e. The molecule has 2 rings (SSSR count). The zero-order chi connectivity index (χ0) is 14.9. The lowest BCUT2D eigenvalue weighted by atomic mass is 10.1. The van der Waals surface area contributed by atoms with Crippen LogP contribution in [0.1, 0.15) is 11.1 Å². The zero-order valence-corrected chi connectivity index (χ0v) is 11.5. The van der Waals surface area contributed by atoms with Crippen molar-refractivity contribution in [2.45, 2.75) is 17.6 Å². The summed E-state index contributed by atoms with van der Waals surface area (Å²) in [5.74, 6) is -1.64. The third kappa shape index (κ3) is 3.14. The van der Waals surface area contributed by atoms with Crippen molar-refractivity contribution in [3.63, 3.8) is 0 Å². The molecule has 0 saturated heterocycles. The lowest BCUT2D eigenvalue weighted by Crippen LogP contribution is -2.07. The minimum Gasteiger partial charge on any atom is -0.399 e. The number of nitrogens with two attached hydrogens (primary N) is 1. The molecule has 0 atom stereocenters. The van der Waals surface area contributed by atoms with Crippen molar-refractivity contribution in [3.05, 3.63) is 59.2 Å². The summed E-state index contributed by atoms with van der Waals surface area (Å²) in [6.07, 6.45) is 0. The Morgan fingerprint density at radius 3 is 2.40 bits per heavy atom. The van der Waals surface area contributed by atoms with Gasteiger partial charge in [-0.05, 0) is 48.4 Å². The van der Waals surface area contributed by atoms with Crippen LogP contribution in [0.3, 0.4) is 0 Å². The summed E-state index contributed by atoms with van der Waals surface area (Å²) in [5, 5.41) is 0. The maximum absolute atomic E-state index is 13.2. The van der Waals surface area contributed by atoms with Gasteiger partial charge in [0.1, 0.15) is 11.6 Å². The van der Waals surface area contributed by atoms with Gasteiger partial charge in [0.15, 0.2) is 9.84 Å². The summed E-state index contributed by atoms with van der Waals surface area (Å²) in [5.41, 5.74) is 6.46. The van der Waals surface area contributed by atoms with Crippen molar-refractivity contribution in [2.75, 3.05) is 5.73 Å². The van der Waals surface area contributed by atoms with Gasteiger partial charge in [-0.3, -0.25) is 0 Å². The van der Waals surface area contributed by atoms with E-state index in [0.717, 1.165) is 18.2 Å². The third-order valence-electron chi connectivity index (χ3n) is 2.91. The molecule has 20 heavy (non-hydrogen) atoms. The Bertz CT molecular complexity index is 738. The molecule has 0 spiro atoms. The molecule has 0 saturated carbocycles. The SMILES string of the molecule is Cc1ccc(F)cc1CS(=O)(=O)c1cc(N)cc(F)c1. The Morgan fingerprint density at radius 2 is 1.75 bits per heavy atom. The van der Waals surface area contributed by atoms with Crippen LogP contribution in [0.4, 0.5) is 14.5 Å². The molecule has 2 aromatic carbocycles. The van der Waals surface area contributed by atoms with Crippen LogP contribution in [0.15, 0.2) is 41.3 Å². The Hall–Kier alpha value is -1.95. The highest BCUT2D eigenvalue weighted by atomic mass is 32.2. The van der Waals surface area contributed by atoms with E-state index in [9.17, 15) is 17.2 Å². The minimum absolute atomic E-state index is 0.0274. The molecule has 0 radical (unpaired) electrons. The molecule has 0 unspecified atom stereocenters. The summed E-state index contributed by atoms with van der Waals surface area (Å²) < 4.78 is 50.9. The zero-order valence-electron chi connectivity index (χ0n) is 10.7. The average molecular weight is 297 g/mol. The van der Waals surface area contributed by atoms with Gasteiger partial charge in [0, 0.05) is 5.69 Å². The Labute approximate surface area is 116 Å². The topological polar surface area (TPSA) is 60.2 Å². The van der Waals surface area contributed by atoms with E-state index in [2.05, 4.69) is 0 Å². The molecule has 2 aromatic rings. The Kier molecular flexibility index (Phi) is 3.76. The number of sulfone groups is 1. The van der Waals surface area contributed by atoms with Crippen LogP contribution in [0.25, 0.3) is 0 Å². The lowest BCUT2D eigenvalue weighted by Gasteiger charge is -2.08. The van der Waals surface area contributed by atoms with E-state index in [1.165, 1.54) is 18.2 Å². The largest absolute Gasteiger partial charge is 0.399 e. The van der Waals surface area contributed by atoms with E-state index in [4.69, 9.17) is 5.73 Å². The van der Waals surface area contributed by atoms with Gasteiger partial charge < -0.3 is 5.73 Å². The molecular formula is C14H13F2NO2S. The Morgan fingerprint density at radius 1 is 1.05 bits per heavy atom. The fraction of sp³-hybridized carbons (Fsp3) is 0.143. The van der Waals surface area contributed by atoms with Gasteiger partial charge in [-0.1, -0.05) is 6.07 Å². The molecule has 0 aromatic heterocycles. The van der Waals surface area contributed by atoms with Crippen molar-refractivity contribution in [1.29, 1.82) is 0 Å². The molecule has 2 N–H and O–H groups in total. The number of halogens is 2. The number of nitrogen functional groups attached to an aromatic ring is 1. The number of hydrogen-bond donors (Lipinski definition) is 1. The van der Waals surface area contributed by atoms with E-state index in [0.29, 0.717) is 11.1 Å². The second kappa shape index (κ2) is 5.20. The first-order valence-electron chi connectivity index (χ1n) is 5.82. The van der Waals surface area contributed by atoms with Gasteiger partial charge in [0.2, 0.25) is 0 Å². The first kappa shape index (κ1) is 14.5. The highest BCUT2D eigenvalue weighted by molar-refractivity contribution is 7.90. The molecule has 3 nitrogen and oxygen atoms in total. The normalized spacial score (nSPS) is 11.6. The number of rotatable bonds is 3. The summed E-state index contributed by atoms with van der Waals surface area (Å²) in [6.45, 7) is 1.68. The number of hydrogen-bond acceptors (Lipinski definition) is 3. The highest BCUT2D eigenvalue weighted by Crippen LogP contribution is 2.22. The molecule has 0 amide bonds. The quantitative estimate of drug-likeness (QED) is 0.886. The average Bonchev–Trinajstić information content (AvgIpc) is 2.32. The van der Waals surface area contributed by atoms with Crippen LogP contribution < -0.4 is 5.73 Å². The van der Waals surface area contributed by atoms with E-state index in [1.54, 1.807) is 6.92 Å². The van der Waals surface area contributed by atoms with E-state index >= 15 is 0 Å². The second-order valence-corrected chi connectivity index (χ2v) is 6.54. The molecule has 0 aliphatic rings. The maximum atomic E-state index is 13.2. The van der Waals surface area contributed by atoms with Crippen molar-refractivity contribution < 1.29 is 17.2 Å². The van der Waals surface area contributed by atoms with Crippen molar-refractivity contribution in [2.24, 2.45) is 0 Å². The number of aryl methyl sites for hydroxylation is 1. The van der Waals surface area contributed by atoms with E-state index < -0.39 is 27.2 Å². The smallest absolute Gasteiger partial charge is 0.182 e. The van der Waals surface area contributed by atoms with Crippen molar-refractivity contribution in [1.82, 2.24) is 0 Å². The molecule has 106 valence electrons. The highest BCUT2D eigenvalue weighted by Gasteiger charge is 2.18. The standard InChI is InChI=1S/C14H13F2NO2S/c1-9-2-3-11(15)4-10(9)8-20(18,19)14-6-12(16)5-13(17)7-14/h2-7H,8,17H2,1H3. The third-order valence-corrected chi connectivity index (χ3v) is 4.55. The van der Waals surface area contributed by atoms with Crippen LogP contribution in [0.2, 0.25) is 0 Å². The van der Waals surface area contributed by atoms with Crippen LogP contribution in [0, 0.1) is 18.6 Å². The predicted octanol–water partition coefficient (Wildman–Crippen LogP) is 2.83. The summed E-state index contributed by atoms with van der Waals surface area (Å²) in [4.78, 5) is -0.210. The summed E-state index contributed by atoms with van der Waals surface area (Å²) >= 11 is 0. The first-order valence-corrected chi connectivity index (χ1v) is 7.47. The number of anilines is 1. The monoisotopic (exact) mass is 297 g/mol. The Balaban J connectivity index is 2.43. The summed E-state index contributed by atoms with van der Waals surface area (Å²) in [6, 6.07) is 7.04. The van der Waals surface area contributed by atoms with Gasteiger partial charge in [-0.2, -0.15) is 0 Å². The summed E-state index contributed by atoms with van der Waals surface area (Å²) in [7, 11) is -3.78. The van der Waals surface area contributed by atoms with Crippen molar-refractivity contribution >= 4 is 15.5 Å². The second-order valence-electron chi connectivity index (χ2n) is 4.55. The molecule has 0 bridgehead atoms. The van der Waals surface area contributed by atoms with Crippen molar-refractivity contribution in [3.8, 4) is 0 Å². The van der Waals surface area contributed by atoms with Crippen LogP contribution in [0.5, 0.6) is 0 Å². The van der Waals surface area contributed by atoms with Gasteiger partial charge in [0.05, 0.1) is 10.6 Å². The molecule has 0 heterocycles.